The van der Waals surface area contributed by atoms with E-state index < -0.39 is 5.97 Å². The molecule has 0 aliphatic carbocycles. The zero-order valence-electron chi connectivity index (χ0n) is 14.5. The van der Waals surface area contributed by atoms with Crippen molar-refractivity contribution < 1.29 is 24.1 Å². The Bertz CT molecular complexity index is 952. The predicted molar refractivity (Wildman–Crippen MR) is 93.4 cm³/mol. The number of hydrogen-bond acceptors (Lipinski definition) is 6. The van der Waals surface area contributed by atoms with Crippen LogP contribution in [0.2, 0.25) is 0 Å². The van der Waals surface area contributed by atoms with Crippen molar-refractivity contribution in [3.63, 3.8) is 0 Å². The molecule has 0 bridgehead atoms. The highest BCUT2D eigenvalue weighted by atomic mass is 16.5. The third-order valence-corrected chi connectivity index (χ3v) is 3.83. The van der Waals surface area contributed by atoms with Crippen LogP contribution in [0.5, 0.6) is 17.2 Å². The Morgan fingerprint density at radius 1 is 1.00 bits per heavy atom. The Labute approximate surface area is 149 Å². The molecule has 0 saturated carbocycles. The van der Waals surface area contributed by atoms with Gasteiger partial charge in [0.05, 0.1) is 27.0 Å². The number of benzene rings is 2. The summed E-state index contributed by atoms with van der Waals surface area (Å²) in [5, 5.41) is 17.3. The van der Waals surface area contributed by atoms with E-state index in [-0.39, 0.29) is 5.69 Å². The highest BCUT2D eigenvalue weighted by Crippen LogP contribution is 2.32. The lowest BCUT2D eigenvalue weighted by molar-refractivity contribution is 0.0691. The average Bonchev–Trinajstić information content (AvgIpc) is 3.12. The van der Waals surface area contributed by atoms with Crippen molar-refractivity contribution in [2.24, 2.45) is 0 Å². The molecule has 0 aliphatic heterocycles. The SMILES string of the molecule is COc1cccc(-c2c(C(=O)O)nnn2-c2ccc(OC)c(OC)c2)c1. The van der Waals surface area contributed by atoms with E-state index in [1.807, 2.05) is 0 Å². The normalized spacial score (nSPS) is 10.4. The fraction of sp³-hybridized carbons (Fsp3) is 0.167. The van der Waals surface area contributed by atoms with Gasteiger partial charge in [0.15, 0.2) is 17.2 Å². The summed E-state index contributed by atoms with van der Waals surface area (Å²) in [6.07, 6.45) is 0. The Balaban J connectivity index is 2.21. The summed E-state index contributed by atoms with van der Waals surface area (Å²) >= 11 is 0. The maximum absolute atomic E-state index is 11.6. The summed E-state index contributed by atoms with van der Waals surface area (Å²) in [7, 11) is 4.60. The molecule has 26 heavy (non-hydrogen) atoms. The molecule has 0 aliphatic rings. The first-order valence-electron chi connectivity index (χ1n) is 7.65. The van der Waals surface area contributed by atoms with Crippen LogP contribution in [0.4, 0.5) is 0 Å². The molecule has 2 aromatic carbocycles. The molecule has 0 amide bonds. The molecule has 1 heterocycles. The number of carbonyl (C=O) groups is 1. The molecule has 8 heteroatoms. The van der Waals surface area contributed by atoms with Gasteiger partial charge in [-0.15, -0.1) is 5.10 Å². The van der Waals surface area contributed by atoms with Crippen molar-refractivity contribution in [2.75, 3.05) is 21.3 Å². The van der Waals surface area contributed by atoms with Crippen LogP contribution < -0.4 is 14.2 Å². The highest BCUT2D eigenvalue weighted by molar-refractivity contribution is 5.93. The molecule has 0 spiro atoms. The van der Waals surface area contributed by atoms with E-state index in [0.29, 0.717) is 34.2 Å². The topological polar surface area (TPSA) is 95.7 Å². The number of rotatable bonds is 6. The molecular weight excluding hydrogens is 338 g/mol. The first-order chi connectivity index (χ1) is 12.6. The standard InChI is InChI=1S/C18H17N3O5/c1-24-13-6-4-5-11(9-13)17-16(18(22)23)19-20-21(17)12-7-8-14(25-2)15(10-12)26-3/h4-10H,1-3H3,(H,22,23). The molecule has 0 radical (unpaired) electrons. The van der Waals surface area contributed by atoms with E-state index in [1.165, 1.54) is 18.9 Å². The second-order valence-electron chi connectivity index (χ2n) is 5.27. The van der Waals surface area contributed by atoms with Crippen molar-refractivity contribution in [3.8, 4) is 34.2 Å². The van der Waals surface area contributed by atoms with Gasteiger partial charge in [0.2, 0.25) is 0 Å². The minimum Gasteiger partial charge on any atom is -0.497 e. The second-order valence-corrected chi connectivity index (χ2v) is 5.27. The van der Waals surface area contributed by atoms with Crippen molar-refractivity contribution in [2.45, 2.75) is 0 Å². The molecule has 0 unspecified atom stereocenters. The summed E-state index contributed by atoms with van der Waals surface area (Å²) in [4.78, 5) is 11.6. The Hall–Kier alpha value is -3.55. The number of carboxylic acids is 1. The average molecular weight is 355 g/mol. The van der Waals surface area contributed by atoms with Gasteiger partial charge >= 0.3 is 5.97 Å². The van der Waals surface area contributed by atoms with Gasteiger partial charge in [-0.1, -0.05) is 17.3 Å². The zero-order valence-corrected chi connectivity index (χ0v) is 14.5. The maximum atomic E-state index is 11.6. The lowest BCUT2D eigenvalue weighted by Gasteiger charge is -2.12. The number of aromatic carboxylic acids is 1. The molecule has 0 fully saturated rings. The fourth-order valence-electron chi connectivity index (χ4n) is 2.59. The van der Waals surface area contributed by atoms with Crippen molar-refractivity contribution in [1.29, 1.82) is 0 Å². The van der Waals surface area contributed by atoms with Crippen molar-refractivity contribution in [1.82, 2.24) is 15.0 Å². The number of methoxy groups -OCH3 is 3. The monoisotopic (exact) mass is 355 g/mol. The Morgan fingerprint density at radius 3 is 2.42 bits per heavy atom. The van der Waals surface area contributed by atoms with Crippen molar-refractivity contribution >= 4 is 5.97 Å². The number of ether oxygens (including phenoxy) is 3. The first kappa shape index (κ1) is 17.3. The fourth-order valence-corrected chi connectivity index (χ4v) is 2.59. The van der Waals surface area contributed by atoms with Crippen LogP contribution in [0.1, 0.15) is 10.5 Å². The molecule has 8 nitrogen and oxygen atoms in total. The third kappa shape index (κ3) is 3.04. The molecule has 134 valence electrons. The summed E-state index contributed by atoms with van der Waals surface area (Å²) in [6.45, 7) is 0. The minimum atomic E-state index is -1.17. The molecule has 1 aromatic heterocycles. The number of nitrogens with zero attached hydrogens (tertiary/aromatic N) is 3. The van der Waals surface area contributed by atoms with E-state index in [4.69, 9.17) is 14.2 Å². The Kier molecular flexibility index (Phi) is 4.74. The predicted octanol–water partition coefficient (Wildman–Crippen LogP) is 2.66. The van der Waals surface area contributed by atoms with Crippen LogP contribution in [0.25, 0.3) is 16.9 Å². The third-order valence-electron chi connectivity index (χ3n) is 3.83. The van der Waals surface area contributed by atoms with Gasteiger partial charge in [0.25, 0.3) is 0 Å². The van der Waals surface area contributed by atoms with Gasteiger partial charge in [-0.25, -0.2) is 9.48 Å². The van der Waals surface area contributed by atoms with Crippen LogP contribution in [0.3, 0.4) is 0 Å². The number of aromatic nitrogens is 3. The summed E-state index contributed by atoms with van der Waals surface area (Å²) in [5.74, 6) is 0.472. The van der Waals surface area contributed by atoms with Gasteiger partial charge in [0.1, 0.15) is 11.4 Å². The van der Waals surface area contributed by atoms with E-state index in [9.17, 15) is 9.90 Å². The van der Waals surface area contributed by atoms with Gasteiger partial charge < -0.3 is 19.3 Å². The summed E-state index contributed by atoms with van der Waals surface area (Å²) < 4.78 is 17.2. The maximum Gasteiger partial charge on any atom is 0.358 e. The van der Waals surface area contributed by atoms with E-state index in [0.717, 1.165) is 0 Å². The van der Waals surface area contributed by atoms with E-state index >= 15 is 0 Å². The van der Waals surface area contributed by atoms with Crippen molar-refractivity contribution in [3.05, 3.63) is 48.2 Å². The van der Waals surface area contributed by atoms with Crippen LogP contribution in [-0.4, -0.2) is 47.4 Å². The summed E-state index contributed by atoms with van der Waals surface area (Å²) in [6, 6.07) is 12.2. The molecule has 3 rings (SSSR count). The smallest absolute Gasteiger partial charge is 0.358 e. The van der Waals surface area contributed by atoms with Crippen LogP contribution in [0, 0.1) is 0 Å². The lowest BCUT2D eigenvalue weighted by Crippen LogP contribution is -2.04. The van der Waals surface area contributed by atoms with E-state index in [2.05, 4.69) is 10.3 Å². The molecule has 3 aromatic rings. The molecule has 0 saturated heterocycles. The quantitative estimate of drug-likeness (QED) is 0.726. The lowest BCUT2D eigenvalue weighted by atomic mass is 10.1. The van der Waals surface area contributed by atoms with Crippen LogP contribution in [0.15, 0.2) is 42.5 Å². The second kappa shape index (κ2) is 7.14. The number of hydrogen-bond donors (Lipinski definition) is 1. The summed E-state index contributed by atoms with van der Waals surface area (Å²) in [5.41, 5.74) is 1.37. The van der Waals surface area contributed by atoms with Gasteiger partial charge in [-0.3, -0.25) is 0 Å². The molecular formula is C18H17N3O5. The van der Waals surface area contributed by atoms with E-state index in [1.54, 1.807) is 49.6 Å². The van der Waals surface area contributed by atoms with Gasteiger partial charge in [-0.05, 0) is 24.3 Å². The highest BCUT2D eigenvalue weighted by Gasteiger charge is 2.22. The van der Waals surface area contributed by atoms with Crippen LogP contribution in [-0.2, 0) is 0 Å². The van der Waals surface area contributed by atoms with Gasteiger partial charge in [0, 0.05) is 11.6 Å². The number of carboxylic acid groups (broad SMARTS) is 1. The van der Waals surface area contributed by atoms with Crippen LogP contribution >= 0.6 is 0 Å². The Morgan fingerprint density at radius 2 is 1.77 bits per heavy atom. The first-order valence-corrected chi connectivity index (χ1v) is 7.65. The zero-order chi connectivity index (χ0) is 18.7. The molecule has 0 atom stereocenters. The largest absolute Gasteiger partial charge is 0.497 e. The van der Waals surface area contributed by atoms with Gasteiger partial charge in [-0.2, -0.15) is 0 Å². The minimum absolute atomic E-state index is 0.159. The molecule has 1 N–H and O–H groups in total.